The van der Waals surface area contributed by atoms with E-state index in [9.17, 15) is 9.90 Å². The lowest BCUT2D eigenvalue weighted by Crippen LogP contribution is -2.43. The number of hydrogen-bond acceptors (Lipinski definition) is 2. The van der Waals surface area contributed by atoms with Crippen molar-refractivity contribution in [3.63, 3.8) is 0 Å². The van der Waals surface area contributed by atoms with E-state index in [2.05, 4.69) is 13.8 Å². The van der Waals surface area contributed by atoms with Gasteiger partial charge in [0.05, 0.1) is 11.5 Å². The minimum atomic E-state index is -0.717. The molecule has 0 heterocycles. The molecule has 0 aromatic rings. The number of hydrogen-bond donors (Lipinski definition) is 1. The molecule has 0 aliphatic heterocycles. The molecule has 0 bridgehead atoms. The third-order valence-corrected chi connectivity index (χ3v) is 6.69. The number of unbranched alkanes of at least 4 members (excludes halogenated alkanes) is 13. The Balaban J connectivity index is 4.00. The monoisotopic (exact) mass is 412 g/mol. The molecule has 1 unspecified atom stereocenters. The number of aliphatic carboxylic acids is 1. The van der Waals surface area contributed by atoms with Crippen LogP contribution in [-0.2, 0) is 9.53 Å². The zero-order valence-corrected chi connectivity index (χ0v) is 20.3. The zero-order valence-electron chi connectivity index (χ0n) is 20.3. The Morgan fingerprint density at radius 3 is 1.48 bits per heavy atom. The number of ether oxygens (including phenoxy) is 1. The molecule has 1 atom stereocenters. The van der Waals surface area contributed by atoms with Crippen LogP contribution in [-0.4, -0.2) is 23.8 Å². The van der Waals surface area contributed by atoms with E-state index in [4.69, 9.17) is 4.74 Å². The summed E-state index contributed by atoms with van der Waals surface area (Å²) >= 11 is 0. The van der Waals surface area contributed by atoms with E-state index in [-0.39, 0.29) is 6.10 Å². The molecule has 0 saturated carbocycles. The van der Waals surface area contributed by atoms with Crippen molar-refractivity contribution in [1.82, 2.24) is 0 Å². The Labute approximate surface area is 182 Å². The predicted octanol–water partition coefficient (Wildman–Crippen LogP) is 8.54. The van der Waals surface area contributed by atoms with Gasteiger partial charge in [-0.15, -0.1) is 0 Å². The molecule has 0 aliphatic carbocycles. The van der Waals surface area contributed by atoms with Crippen LogP contribution in [0.25, 0.3) is 0 Å². The van der Waals surface area contributed by atoms with Crippen LogP contribution >= 0.6 is 0 Å². The van der Waals surface area contributed by atoms with Crippen LogP contribution in [0.3, 0.4) is 0 Å². The summed E-state index contributed by atoms with van der Waals surface area (Å²) in [5, 5.41) is 9.87. The Morgan fingerprint density at radius 1 is 0.690 bits per heavy atom. The maximum atomic E-state index is 12.0. The first-order valence-corrected chi connectivity index (χ1v) is 12.9. The summed E-state index contributed by atoms with van der Waals surface area (Å²) in [6, 6.07) is 0. The van der Waals surface area contributed by atoms with Gasteiger partial charge < -0.3 is 9.84 Å². The summed E-state index contributed by atoms with van der Waals surface area (Å²) in [6.45, 7) is 9.11. The van der Waals surface area contributed by atoms with E-state index in [1.165, 1.54) is 77.0 Å². The van der Waals surface area contributed by atoms with Crippen molar-refractivity contribution in [2.75, 3.05) is 6.61 Å². The minimum absolute atomic E-state index is 0.144. The fourth-order valence-corrected chi connectivity index (χ4v) is 4.38. The van der Waals surface area contributed by atoms with Crippen molar-refractivity contribution >= 4 is 5.97 Å². The zero-order chi connectivity index (χ0) is 21.8. The number of carbonyl (C=O) groups is 1. The first-order chi connectivity index (χ1) is 14.1. The predicted molar refractivity (Wildman–Crippen MR) is 126 cm³/mol. The lowest BCUT2D eigenvalue weighted by atomic mass is 9.75. The van der Waals surface area contributed by atoms with Gasteiger partial charge in [-0.1, -0.05) is 118 Å². The van der Waals surface area contributed by atoms with Crippen molar-refractivity contribution < 1.29 is 14.6 Å². The number of carboxylic acid groups (broad SMARTS) is 1. The van der Waals surface area contributed by atoms with Crippen LogP contribution in [0.4, 0.5) is 0 Å². The Bertz CT molecular complexity index is 363. The summed E-state index contributed by atoms with van der Waals surface area (Å²) in [5.41, 5.74) is -0.717. The molecule has 0 aliphatic rings. The highest BCUT2D eigenvalue weighted by molar-refractivity contribution is 5.75. The highest BCUT2D eigenvalue weighted by atomic mass is 16.5. The number of rotatable bonds is 22. The van der Waals surface area contributed by atoms with E-state index in [0.29, 0.717) is 19.4 Å². The summed E-state index contributed by atoms with van der Waals surface area (Å²) in [4.78, 5) is 12.0. The maximum Gasteiger partial charge on any atom is 0.312 e. The van der Waals surface area contributed by atoms with Crippen LogP contribution < -0.4 is 0 Å². The average molecular weight is 413 g/mol. The highest BCUT2D eigenvalue weighted by Gasteiger charge is 2.43. The lowest BCUT2D eigenvalue weighted by molar-refractivity contribution is -0.162. The quantitative estimate of drug-likeness (QED) is 0.181. The van der Waals surface area contributed by atoms with Crippen molar-refractivity contribution in [1.29, 1.82) is 0 Å². The average Bonchev–Trinajstić information content (AvgIpc) is 2.72. The third kappa shape index (κ3) is 12.7. The summed E-state index contributed by atoms with van der Waals surface area (Å²) < 4.78 is 6.12. The molecule has 0 saturated heterocycles. The molecule has 0 radical (unpaired) electrons. The summed E-state index contributed by atoms with van der Waals surface area (Å²) in [7, 11) is 0. The molecule has 3 nitrogen and oxygen atoms in total. The molecule has 3 heteroatoms. The van der Waals surface area contributed by atoms with Crippen molar-refractivity contribution in [2.24, 2.45) is 5.41 Å². The smallest absolute Gasteiger partial charge is 0.312 e. The van der Waals surface area contributed by atoms with Gasteiger partial charge in [-0.3, -0.25) is 4.79 Å². The topological polar surface area (TPSA) is 46.5 Å². The van der Waals surface area contributed by atoms with Crippen LogP contribution in [0, 0.1) is 5.41 Å². The fraction of sp³-hybridized carbons (Fsp3) is 0.962. The van der Waals surface area contributed by atoms with Crippen LogP contribution in [0.15, 0.2) is 0 Å². The van der Waals surface area contributed by atoms with Crippen LogP contribution in [0.5, 0.6) is 0 Å². The summed E-state index contributed by atoms with van der Waals surface area (Å²) in [6.07, 6.45) is 21.5. The van der Waals surface area contributed by atoms with Gasteiger partial charge in [-0.05, 0) is 25.7 Å². The Kier molecular flexibility index (Phi) is 19.0. The van der Waals surface area contributed by atoms with Gasteiger partial charge in [-0.2, -0.15) is 0 Å². The molecular formula is C26H52O3. The maximum absolute atomic E-state index is 12.0. The molecule has 0 fully saturated rings. The normalized spacial score (nSPS) is 13.0. The standard InChI is InChI=1S/C26H52O3/c1-5-9-11-12-13-14-15-16-17-18-19-20-21-22-24(29-23-10-6-2)26(7-3,8-4)25(27)28/h24H,5-23H2,1-4H3,(H,27,28). The Morgan fingerprint density at radius 2 is 1.10 bits per heavy atom. The second-order valence-electron chi connectivity index (χ2n) is 8.91. The number of carboxylic acids is 1. The Hall–Kier alpha value is -0.570. The fourth-order valence-electron chi connectivity index (χ4n) is 4.38. The molecule has 0 amide bonds. The summed E-state index contributed by atoms with van der Waals surface area (Å²) in [5.74, 6) is -0.682. The molecule has 0 aromatic heterocycles. The lowest BCUT2D eigenvalue weighted by Gasteiger charge is -2.35. The largest absolute Gasteiger partial charge is 0.481 e. The molecule has 29 heavy (non-hydrogen) atoms. The van der Waals surface area contributed by atoms with E-state index in [1.807, 2.05) is 13.8 Å². The molecular weight excluding hydrogens is 360 g/mol. The van der Waals surface area contributed by atoms with E-state index >= 15 is 0 Å². The first-order valence-electron chi connectivity index (χ1n) is 12.9. The van der Waals surface area contributed by atoms with Gasteiger partial charge in [0.15, 0.2) is 0 Å². The van der Waals surface area contributed by atoms with Crippen LogP contribution in [0.2, 0.25) is 0 Å². The SMILES string of the molecule is CCCCCCCCCCCCCCCC(OCCCC)C(CC)(CC)C(=O)O. The molecule has 0 aromatic carbocycles. The van der Waals surface area contributed by atoms with Crippen molar-refractivity contribution in [2.45, 2.75) is 149 Å². The minimum Gasteiger partial charge on any atom is -0.481 e. The van der Waals surface area contributed by atoms with Crippen molar-refractivity contribution in [3.05, 3.63) is 0 Å². The van der Waals surface area contributed by atoms with E-state index in [1.54, 1.807) is 0 Å². The first kappa shape index (κ1) is 28.4. The van der Waals surface area contributed by atoms with Crippen molar-refractivity contribution in [3.8, 4) is 0 Å². The van der Waals surface area contributed by atoms with Gasteiger partial charge in [0.1, 0.15) is 0 Å². The van der Waals surface area contributed by atoms with Gasteiger partial charge in [0.2, 0.25) is 0 Å². The van der Waals surface area contributed by atoms with Gasteiger partial charge in [-0.25, -0.2) is 0 Å². The van der Waals surface area contributed by atoms with Crippen LogP contribution in [0.1, 0.15) is 143 Å². The van der Waals surface area contributed by atoms with E-state index < -0.39 is 11.4 Å². The van der Waals surface area contributed by atoms with Gasteiger partial charge >= 0.3 is 5.97 Å². The van der Waals surface area contributed by atoms with Gasteiger partial charge in [0.25, 0.3) is 0 Å². The third-order valence-electron chi connectivity index (χ3n) is 6.69. The van der Waals surface area contributed by atoms with E-state index in [0.717, 1.165) is 25.7 Å². The molecule has 174 valence electrons. The second-order valence-corrected chi connectivity index (χ2v) is 8.91. The molecule has 0 spiro atoms. The molecule has 0 rings (SSSR count). The molecule has 1 N–H and O–H groups in total. The van der Waals surface area contributed by atoms with Gasteiger partial charge in [0, 0.05) is 6.61 Å². The second kappa shape index (κ2) is 19.4. The highest BCUT2D eigenvalue weighted by Crippen LogP contribution is 2.36.